The van der Waals surface area contributed by atoms with E-state index in [0.29, 0.717) is 5.92 Å². The van der Waals surface area contributed by atoms with Crippen molar-refractivity contribution < 1.29 is 19.1 Å². The highest BCUT2D eigenvalue weighted by atomic mass is 16.4. The fraction of sp³-hybridized carbons (Fsp3) is 0.600. The van der Waals surface area contributed by atoms with Gasteiger partial charge >= 0.3 is 5.97 Å². The number of carbonyl (C=O) groups excluding carboxylic acids is 1. The zero-order chi connectivity index (χ0) is 14.5. The van der Waals surface area contributed by atoms with Crippen LogP contribution < -0.4 is 0 Å². The summed E-state index contributed by atoms with van der Waals surface area (Å²) in [5, 5.41) is 8.88. The summed E-state index contributed by atoms with van der Waals surface area (Å²) in [6.45, 7) is 2.37. The van der Waals surface area contributed by atoms with E-state index < -0.39 is 5.97 Å². The summed E-state index contributed by atoms with van der Waals surface area (Å²) >= 11 is 0. The average molecular weight is 279 g/mol. The molecule has 5 heteroatoms. The minimum absolute atomic E-state index is 0.0321. The monoisotopic (exact) mass is 279 g/mol. The van der Waals surface area contributed by atoms with Crippen LogP contribution in [0.2, 0.25) is 0 Å². The summed E-state index contributed by atoms with van der Waals surface area (Å²) < 4.78 is 5.17. The normalized spacial score (nSPS) is 22.4. The first-order chi connectivity index (χ1) is 9.59. The molecule has 2 rings (SSSR count). The van der Waals surface area contributed by atoms with Gasteiger partial charge in [-0.05, 0) is 30.9 Å². The van der Waals surface area contributed by atoms with E-state index in [9.17, 15) is 9.59 Å². The summed E-state index contributed by atoms with van der Waals surface area (Å²) in [6, 6.07) is 3.41. The van der Waals surface area contributed by atoms with Gasteiger partial charge < -0.3 is 14.4 Å². The summed E-state index contributed by atoms with van der Waals surface area (Å²) in [4.78, 5) is 25.0. The highest BCUT2D eigenvalue weighted by Gasteiger charge is 2.32. The van der Waals surface area contributed by atoms with Crippen LogP contribution in [0.4, 0.5) is 0 Å². The molecule has 0 aliphatic heterocycles. The third kappa shape index (κ3) is 3.40. The van der Waals surface area contributed by atoms with Gasteiger partial charge in [-0.2, -0.15) is 0 Å². The van der Waals surface area contributed by atoms with Crippen molar-refractivity contribution in [3.8, 4) is 0 Å². The Morgan fingerprint density at radius 2 is 2.15 bits per heavy atom. The van der Waals surface area contributed by atoms with Crippen LogP contribution in [0.3, 0.4) is 0 Å². The average Bonchev–Trinajstić information content (AvgIpc) is 2.94. The molecule has 1 amide bonds. The van der Waals surface area contributed by atoms with Gasteiger partial charge in [0.15, 0.2) is 5.76 Å². The van der Waals surface area contributed by atoms with Crippen LogP contribution in [0.5, 0.6) is 0 Å². The minimum Gasteiger partial charge on any atom is -0.481 e. The Morgan fingerprint density at radius 3 is 2.75 bits per heavy atom. The third-order valence-corrected chi connectivity index (χ3v) is 4.03. The molecule has 0 bridgehead atoms. The van der Waals surface area contributed by atoms with Crippen molar-refractivity contribution in [3.05, 3.63) is 24.2 Å². The molecule has 1 saturated carbocycles. The number of nitrogens with zero attached hydrogens (tertiary/aromatic N) is 1. The molecule has 110 valence electrons. The van der Waals surface area contributed by atoms with Crippen molar-refractivity contribution in [1.29, 1.82) is 0 Å². The zero-order valence-corrected chi connectivity index (χ0v) is 11.7. The van der Waals surface area contributed by atoms with Crippen molar-refractivity contribution in [1.82, 2.24) is 4.90 Å². The van der Waals surface area contributed by atoms with Crippen molar-refractivity contribution in [3.63, 3.8) is 0 Å². The second-order valence-electron chi connectivity index (χ2n) is 5.45. The lowest BCUT2D eigenvalue weighted by Gasteiger charge is -2.38. The van der Waals surface area contributed by atoms with E-state index in [1.807, 2.05) is 0 Å². The fourth-order valence-electron chi connectivity index (χ4n) is 2.94. The molecule has 1 aromatic heterocycles. The van der Waals surface area contributed by atoms with Gasteiger partial charge in [0.25, 0.3) is 5.91 Å². The van der Waals surface area contributed by atoms with Crippen LogP contribution in [0.25, 0.3) is 0 Å². The maximum absolute atomic E-state index is 12.5. The molecule has 0 radical (unpaired) electrons. The first kappa shape index (κ1) is 14.6. The maximum atomic E-state index is 12.5. The van der Waals surface area contributed by atoms with E-state index in [-0.39, 0.29) is 30.7 Å². The number of aliphatic carboxylic acids is 1. The van der Waals surface area contributed by atoms with E-state index >= 15 is 0 Å². The molecule has 5 nitrogen and oxygen atoms in total. The minimum atomic E-state index is -0.884. The van der Waals surface area contributed by atoms with E-state index in [2.05, 4.69) is 6.92 Å². The molecule has 0 saturated heterocycles. The topological polar surface area (TPSA) is 70.8 Å². The van der Waals surface area contributed by atoms with Gasteiger partial charge in [-0.25, -0.2) is 0 Å². The number of carboxylic acids is 1. The van der Waals surface area contributed by atoms with Gasteiger partial charge in [-0.15, -0.1) is 0 Å². The second kappa shape index (κ2) is 6.59. The van der Waals surface area contributed by atoms with Gasteiger partial charge in [0, 0.05) is 12.6 Å². The van der Waals surface area contributed by atoms with Crippen LogP contribution in [0, 0.1) is 5.92 Å². The number of hydrogen-bond donors (Lipinski definition) is 1. The number of rotatable bonds is 5. The molecular formula is C15H21NO4. The quantitative estimate of drug-likeness (QED) is 0.899. The molecule has 2 unspecified atom stereocenters. The number of amides is 1. The molecule has 0 spiro atoms. The van der Waals surface area contributed by atoms with Gasteiger partial charge in [0.05, 0.1) is 12.7 Å². The van der Waals surface area contributed by atoms with Gasteiger partial charge in [0.1, 0.15) is 0 Å². The summed E-state index contributed by atoms with van der Waals surface area (Å²) in [7, 11) is 0. The van der Waals surface area contributed by atoms with E-state index in [1.165, 1.54) is 12.7 Å². The largest absolute Gasteiger partial charge is 0.481 e. The predicted molar refractivity (Wildman–Crippen MR) is 73.4 cm³/mol. The van der Waals surface area contributed by atoms with Crippen molar-refractivity contribution in [2.45, 2.75) is 45.1 Å². The number of furan rings is 1. The molecule has 0 aromatic carbocycles. The molecule has 2 atom stereocenters. The maximum Gasteiger partial charge on any atom is 0.305 e. The van der Waals surface area contributed by atoms with E-state index in [4.69, 9.17) is 9.52 Å². The Bertz CT molecular complexity index is 454. The van der Waals surface area contributed by atoms with Crippen LogP contribution in [-0.2, 0) is 4.79 Å². The Labute approximate surface area is 118 Å². The lowest BCUT2D eigenvalue weighted by molar-refractivity contribution is -0.137. The van der Waals surface area contributed by atoms with Gasteiger partial charge in [-0.3, -0.25) is 9.59 Å². The van der Waals surface area contributed by atoms with Gasteiger partial charge in [-0.1, -0.05) is 19.8 Å². The summed E-state index contributed by atoms with van der Waals surface area (Å²) in [6.07, 6.45) is 5.72. The second-order valence-corrected chi connectivity index (χ2v) is 5.45. The summed E-state index contributed by atoms with van der Waals surface area (Å²) in [5.41, 5.74) is 0. The SMILES string of the molecule is CC1CCCCC1N(CCC(=O)O)C(=O)c1ccco1. The Morgan fingerprint density at radius 1 is 1.40 bits per heavy atom. The Balaban J connectivity index is 2.14. The van der Waals surface area contributed by atoms with Crippen molar-refractivity contribution >= 4 is 11.9 Å². The van der Waals surface area contributed by atoms with Crippen LogP contribution >= 0.6 is 0 Å². The number of hydrogen-bond acceptors (Lipinski definition) is 3. The number of carbonyl (C=O) groups is 2. The highest BCUT2D eigenvalue weighted by Crippen LogP contribution is 2.29. The van der Waals surface area contributed by atoms with E-state index in [0.717, 1.165) is 19.3 Å². The smallest absolute Gasteiger partial charge is 0.305 e. The predicted octanol–water partition coefficient (Wildman–Crippen LogP) is 2.78. The molecule has 1 N–H and O–H groups in total. The fourth-order valence-corrected chi connectivity index (χ4v) is 2.94. The molecule has 1 aliphatic carbocycles. The lowest BCUT2D eigenvalue weighted by atomic mass is 9.84. The first-order valence-corrected chi connectivity index (χ1v) is 7.16. The summed E-state index contributed by atoms with van der Waals surface area (Å²) in [5.74, 6) is -0.398. The first-order valence-electron chi connectivity index (χ1n) is 7.16. The highest BCUT2D eigenvalue weighted by molar-refractivity contribution is 5.91. The molecule has 1 heterocycles. The Hall–Kier alpha value is -1.78. The van der Waals surface area contributed by atoms with E-state index in [1.54, 1.807) is 17.0 Å². The van der Waals surface area contributed by atoms with Gasteiger partial charge in [0.2, 0.25) is 0 Å². The van der Waals surface area contributed by atoms with Crippen molar-refractivity contribution in [2.24, 2.45) is 5.92 Å². The third-order valence-electron chi connectivity index (χ3n) is 4.03. The molecule has 20 heavy (non-hydrogen) atoms. The molecule has 1 aliphatic rings. The zero-order valence-electron chi connectivity index (χ0n) is 11.7. The molecular weight excluding hydrogens is 258 g/mol. The molecule has 1 aromatic rings. The lowest BCUT2D eigenvalue weighted by Crippen LogP contribution is -2.46. The number of carboxylic acid groups (broad SMARTS) is 1. The van der Waals surface area contributed by atoms with Crippen molar-refractivity contribution in [2.75, 3.05) is 6.54 Å². The van der Waals surface area contributed by atoms with Crippen LogP contribution in [0.15, 0.2) is 22.8 Å². The molecule has 1 fully saturated rings. The van der Waals surface area contributed by atoms with Crippen LogP contribution in [-0.4, -0.2) is 34.5 Å². The standard InChI is InChI=1S/C15H21NO4/c1-11-5-2-3-6-12(11)16(9-8-14(17)18)15(19)13-7-4-10-20-13/h4,7,10-12H,2-3,5-6,8-9H2,1H3,(H,17,18). The van der Waals surface area contributed by atoms with Crippen LogP contribution in [0.1, 0.15) is 49.6 Å². The Kier molecular flexibility index (Phi) is 4.82.